The van der Waals surface area contributed by atoms with Gasteiger partial charge < -0.3 is 10.4 Å². The van der Waals surface area contributed by atoms with Gasteiger partial charge in [-0.3, -0.25) is 10.1 Å². The number of rotatable bonds is 3. The molecule has 8 heteroatoms. The van der Waals surface area contributed by atoms with Crippen molar-refractivity contribution < 1.29 is 14.8 Å². The van der Waals surface area contributed by atoms with Gasteiger partial charge in [-0.1, -0.05) is 23.9 Å². The fraction of sp³-hybridized carbons (Fsp3) is 0.231. The first-order valence-corrected chi connectivity index (χ1v) is 7.24. The van der Waals surface area contributed by atoms with E-state index in [1.165, 1.54) is 23.9 Å². The molecule has 1 aromatic rings. The molecule has 0 aliphatic carbocycles. The number of carboxylic acids is 1. The molecule has 1 unspecified atom stereocenters. The Morgan fingerprint density at radius 2 is 2.14 bits per heavy atom. The average molecular weight is 307 g/mol. The molecule has 1 heterocycles. The normalized spacial score (nSPS) is 18.0. The van der Waals surface area contributed by atoms with Crippen LogP contribution in [0.4, 0.5) is 5.69 Å². The molecule has 21 heavy (non-hydrogen) atoms. The summed E-state index contributed by atoms with van der Waals surface area (Å²) in [5, 5.41) is 23.9. The van der Waals surface area contributed by atoms with E-state index in [0.29, 0.717) is 10.9 Å². The summed E-state index contributed by atoms with van der Waals surface area (Å²) in [6, 6.07) is 5.16. The molecule has 110 valence electrons. The number of hydrogen-bond donors (Lipinski definition) is 2. The van der Waals surface area contributed by atoms with E-state index in [9.17, 15) is 20.0 Å². The minimum absolute atomic E-state index is 0.0158. The van der Waals surface area contributed by atoms with Gasteiger partial charge in [0.2, 0.25) is 0 Å². The number of nitro benzene ring substituents is 1. The van der Waals surface area contributed by atoms with Crippen molar-refractivity contribution in [3.63, 3.8) is 0 Å². The third-order valence-corrected chi connectivity index (χ3v) is 3.66. The molecule has 2 N–H and O–H groups in total. The number of benzene rings is 1. The number of carboxylic acid groups (broad SMARTS) is 1. The second-order valence-corrected chi connectivity index (χ2v) is 5.12. The highest BCUT2D eigenvalue weighted by molar-refractivity contribution is 8.13. The van der Waals surface area contributed by atoms with Gasteiger partial charge >= 0.3 is 5.97 Å². The molecule has 2 rings (SSSR count). The van der Waals surface area contributed by atoms with Crippen molar-refractivity contribution in [3.05, 3.63) is 51.2 Å². The van der Waals surface area contributed by atoms with Crippen LogP contribution in [0.5, 0.6) is 0 Å². The zero-order valence-electron chi connectivity index (χ0n) is 11.4. The molecule has 0 saturated heterocycles. The highest BCUT2D eigenvalue weighted by Gasteiger charge is 2.32. The van der Waals surface area contributed by atoms with E-state index in [2.05, 4.69) is 10.3 Å². The van der Waals surface area contributed by atoms with Crippen molar-refractivity contribution >= 4 is 28.6 Å². The summed E-state index contributed by atoms with van der Waals surface area (Å²) in [7, 11) is 0. The maximum atomic E-state index is 11.5. The minimum atomic E-state index is -1.15. The second kappa shape index (κ2) is 5.96. The van der Waals surface area contributed by atoms with Crippen LogP contribution in [0.1, 0.15) is 18.5 Å². The third kappa shape index (κ3) is 2.89. The van der Waals surface area contributed by atoms with Gasteiger partial charge in [0.15, 0.2) is 5.17 Å². The van der Waals surface area contributed by atoms with Gasteiger partial charge in [0.25, 0.3) is 5.69 Å². The van der Waals surface area contributed by atoms with Gasteiger partial charge in [0, 0.05) is 11.8 Å². The Morgan fingerprint density at radius 3 is 2.71 bits per heavy atom. The number of nitrogens with zero attached hydrogens (tertiary/aromatic N) is 2. The van der Waals surface area contributed by atoms with E-state index in [0.717, 1.165) is 0 Å². The summed E-state index contributed by atoms with van der Waals surface area (Å²) in [5.74, 6) is -1.15. The standard InChI is InChI=1S/C13H13N3O4S/c1-7-10(12(17)18)11(15-13(14-7)21-2)8-5-3-4-6-9(8)16(19)20/h3-6,11H,1-2H3,(H,14,15)(H,17,18). The van der Waals surface area contributed by atoms with Crippen molar-refractivity contribution in [1.29, 1.82) is 0 Å². The quantitative estimate of drug-likeness (QED) is 0.656. The summed E-state index contributed by atoms with van der Waals surface area (Å²) < 4.78 is 0. The van der Waals surface area contributed by atoms with E-state index < -0.39 is 16.9 Å². The van der Waals surface area contributed by atoms with E-state index in [4.69, 9.17) is 0 Å². The molecule has 0 saturated carbocycles. The molecule has 0 aromatic heterocycles. The number of hydrogen-bond acceptors (Lipinski definition) is 6. The topological polar surface area (TPSA) is 105 Å². The summed E-state index contributed by atoms with van der Waals surface area (Å²) in [5.41, 5.74) is 0.583. The Bertz CT molecular complexity index is 669. The van der Waals surface area contributed by atoms with Crippen LogP contribution in [0.3, 0.4) is 0 Å². The van der Waals surface area contributed by atoms with E-state index in [1.807, 2.05) is 0 Å². The molecule has 7 nitrogen and oxygen atoms in total. The van der Waals surface area contributed by atoms with E-state index in [-0.39, 0.29) is 16.8 Å². The van der Waals surface area contributed by atoms with Crippen LogP contribution in [-0.2, 0) is 4.79 Å². The van der Waals surface area contributed by atoms with Gasteiger partial charge in [-0.15, -0.1) is 0 Å². The van der Waals surface area contributed by atoms with Gasteiger partial charge in [0.05, 0.1) is 16.1 Å². The lowest BCUT2D eigenvalue weighted by molar-refractivity contribution is -0.385. The minimum Gasteiger partial charge on any atom is -0.478 e. The Kier molecular flexibility index (Phi) is 4.27. The lowest BCUT2D eigenvalue weighted by Crippen LogP contribution is -2.29. The van der Waals surface area contributed by atoms with Gasteiger partial charge in [-0.2, -0.15) is 0 Å². The summed E-state index contributed by atoms with van der Waals surface area (Å²) in [6.45, 7) is 1.62. The van der Waals surface area contributed by atoms with Crippen LogP contribution in [0.15, 0.2) is 40.5 Å². The molecule has 0 amide bonds. The smallest absolute Gasteiger partial charge is 0.335 e. The van der Waals surface area contributed by atoms with Gasteiger partial charge in [-0.05, 0) is 19.2 Å². The van der Waals surface area contributed by atoms with Crippen molar-refractivity contribution in [3.8, 4) is 0 Å². The number of thioether (sulfide) groups is 1. The van der Waals surface area contributed by atoms with E-state index in [1.54, 1.807) is 25.3 Å². The molecule has 0 fully saturated rings. The third-order valence-electron chi connectivity index (χ3n) is 3.07. The summed E-state index contributed by atoms with van der Waals surface area (Å²) in [4.78, 5) is 26.4. The molecule has 0 spiro atoms. The lowest BCUT2D eigenvalue weighted by atomic mass is 9.95. The zero-order chi connectivity index (χ0) is 15.6. The summed E-state index contributed by atoms with van der Waals surface area (Å²) in [6.07, 6.45) is 1.79. The Balaban J connectivity index is 2.63. The molecular formula is C13H13N3O4S. The number of nitrogens with one attached hydrogen (secondary N) is 1. The van der Waals surface area contributed by atoms with Crippen molar-refractivity contribution in [2.24, 2.45) is 4.99 Å². The van der Waals surface area contributed by atoms with Crippen LogP contribution < -0.4 is 5.32 Å². The van der Waals surface area contributed by atoms with Crippen molar-refractivity contribution in [1.82, 2.24) is 5.32 Å². The highest BCUT2D eigenvalue weighted by atomic mass is 32.2. The molecule has 1 atom stereocenters. The maximum Gasteiger partial charge on any atom is 0.335 e. The van der Waals surface area contributed by atoms with Crippen LogP contribution in [0.25, 0.3) is 0 Å². The first kappa shape index (κ1) is 15.0. The lowest BCUT2D eigenvalue weighted by Gasteiger charge is -2.23. The average Bonchev–Trinajstić information content (AvgIpc) is 2.45. The largest absolute Gasteiger partial charge is 0.478 e. The number of aliphatic imine (C=N–C) groups is 1. The first-order chi connectivity index (χ1) is 9.95. The van der Waals surface area contributed by atoms with Crippen LogP contribution in [-0.4, -0.2) is 27.4 Å². The number of nitro groups is 1. The first-order valence-electron chi connectivity index (χ1n) is 6.02. The summed E-state index contributed by atoms with van der Waals surface area (Å²) >= 11 is 1.32. The van der Waals surface area contributed by atoms with Gasteiger partial charge in [-0.25, -0.2) is 9.79 Å². The maximum absolute atomic E-state index is 11.5. The monoisotopic (exact) mass is 307 g/mol. The van der Waals surface area contributed by atoms with Gasteiger partial charge in [0.1, 0.15) is 6.04 Å². The highest BCUT2D eigenvalue weighted by Crippen LogP contribution is 2.36. The number of allylic oxidation sites excluding steroid dienone is 1. The Labute approximate surface area is 124 Å². The molecule has 0 radical (unpaired) electrons. The second-order valence-electron chi connectivity index (χ2n) is 4.33. The fourth-order valence-electron chi connectivity index (χ4n) is 2.14. The van der Waals surface area contributed by atoms with Crippen LogP contribution in [0.2, 0.25) is 0 Å². The molecule has 0 bridgehead atoms. The number of amidine groups is 1. The number of para-hydroxylation sites is 1. The van der Waals surface area contributed by atoms with Crippen LogP contribution >= 0.6 is 11.8 Å². The fourth-order valence-corrected chi connectivity index (χ4v) is 2.60. The predicted octanol–water partition coefficient (Wildman–Crippen LogP) is 2.32. The van der Waals surface area contributed by atoms with Crippen LogP contribution in [0, 0.1) is 10.1 Å². The Morgan fingerprint density at radius 1 is 1.48 bits per heavy atom. The zero-order valence-corrected chi connectivity index (χ0v) is 12.2. The number of carbonyl (C=O) groups is 1. The van der Waals surface area contributed by atoms with Crippen molar-refractivity contribution in [2.45, 2.75) is 13.0 Å². The molecule has 1 aliphatic rings. The SMILES string of the molecule is CSC1=NC(c2ccccc2[N+](=O)[O-])C(C(=O)O)=C(C)N1. The Hall–Kier alpha value is -2.35. The molecular weight excluding hydrogens is 294 g/mol. The van der Waals surface area contributed by atoms with Crippen molar-refractivity contribution in [2.75, 3.05) is 6.26 Å². The predicted molar refractivity (Wildman–Crippen MR) is 80.3 cm³/mol. The van der Waals surface area contributed by atoms with E-state index >= 15 is 0 Å². The molecule has 1 aliphatic heterocycles. The number of aliphatic carboxylic acids is 1. The molecule has 1 aromatic carbocycles.